The number of ketones is 1. The summed E-state index contributed by atoms with van der Waals surface area (Å²) in [5.41, 5.74) is 0.632. The van der Waals surface area contributed by atoms with Crippen molar-refractivity contribution >= 4 is 5.78 Å². The summed E-state index contributed by atoms with van der Waals surface area (Å²) in [6.45, 7) is 4.07. The van der Waals surface area contributed by atoms with Crippen LogP contribution >= 0.6 is 0 Å². The highest BCUT2D eigenvalue weighted by Crippen LogP contribution is 2.28. The number of alkyl halides is 3. The molecule has 1 aromatic carbocycles. The third-order valence-corrected chi connectivity index (χ3v) is 3.16. The monoisotopic (exact) mass is 293 g/mol. The molecule has 21 heavy (non-hydrogen) atoms. The normalized spacial score (nSPS) is 11.7. The molecule has 0 bridgehead atoms. The molecule has 0 aliphatic rings. The summed E-state index contributed by atoms with van der Waals surface area (Å²) < 4.78 is 37.3. The molecule has 2 nitrogen and oxygen atoms in total. The SMILES string of the molecule is CC(C)c1ccc(C(=O)c2ccc(C(F)(F)F)cn2)cc1. The zero-order valence-corrected chi connectivity index (χ0v) is 11.6. The van der Waals surface area contributed by atoms with Crippen molar-refractivity contribution in [3.63, 3.8) is 0 Å². The van der Waals surface area contributed by atoms with Crippen molar-refractivity contribution in [2.24, 2.45) is 0 Å². The molecule has 0 amide bonds. The molecule has 0 aliphatic heterocycles. The van der Waals surface area contributed by atoms with Crippen LogP contribution in [0.15, 0.2) is 42.6 Å². The lowest BCUT2D eigenvalue weighted by molar-refractivity contribution is -0.137. The number of hydrogen-bond acceptors (Lipinski definition) is 2. The first-order chi connectivity index (χ1) is 9.79. The van der Waals surface area contributed by atoms with E-state index in [0.717, 1.165) is 17.7 Å². The Bertz CT molecular complexity index is 628. The van der Waals surface area contributed by atoms with Gasteiger partial charge >= 0.3 is 6.18 Å². The summed E-state index contributed by atoms with van der Waals surface area (Å²) in [4.78, 5) is 15.8. The van der Waals surface area contributed by atoms with Gasteiger partial charge in [-0.05, 0) is 23.6 Å². The van der Waals surface area contributed by atoms with E-state index in [4.69, 9.17) is 0 Å². The van der Waals surface area contributed by atoms with Crippen LogP contribution < -0.4 is 0 Å². The summed E-state index contributed by atoms with van der Waals surface area (Å²) >= 11 is 0. The zero-order chi connectivity index (χ0) is 15.6. The van der Waals surface area contributed by atoms with Gasteiger partial charge in [0.1, 0.15) is 5.69 Å². The van der Waals surface area contributed by atoms with Crippen LogP contribution in [0.5, 0.6) is 0 Å². The number of carbonyl (C=O) groups is 1. The van der Waals surface area contributed by atoms with Gasteiger partial charge in [0.15, 0.2) is 0 Å². The van der Waals surface area contributed by atoms with E-state index >= 15 is 0 Å². The minimum atomic E-state index is -4.45. The lowest BCUT2D eigenvalue weighted by atomic mass is 9.99. The van der Waals surface area contributed by atoms with E-state index in [1.807, 2.05) is 26.0 Å². The van der Waals surface area contributed by atoms with Crippen LogP contribution in [-0.2, 0) is 6.18 Å². The molecule has 0 fully saturated rings. The van der Waals surface area contributed by atoms with Gasteiger partial charge in [0.2, 0.25) is 5.78 Å². The Morgan fingerprint density at radius 1 is 1.05 bits per heavy atom. The van der Waals surface area contributed by atoms with Crippen LogP contribution in [-0.4, -0.2) is 10.8 Å². The van der Waals surface area contributed by atoms with Gasteiger partial charge in [-0.3, -0.25) is 9.78 Å². The second kappa shape index (κ2) is 5.68. The second-order valence-electron chi connectivity index (χ2n) is 5.04. The standard InChI is InChI=1S/C16H14F3NO/c1-10(2)11-3-5-12(6-4-11)15(21)14-8-7-13(9-20-14)16(17,18)19/h3-10H,1-2H3. The number of rotatable bonds is 3. The highest BCUT2D eigenvalue weighted by molar-refractivity contribution is 6.07. The van der Waals surface area contributed by atoms with E-state index in [1.54, 1.807) is 12.1 Å². The second-order valence-corrected chi connectivity index (χ2v) is 5.04. The first kappa shape index (κ1) is 15.2. The van der Waals surface area contributed by atoms with Crippen molar-refractivity contribution < 1.29 is 18.0 Å². The van der Waals surface area contributed by atoms with Crippen molar-refractivity contribution in [2.45, 2.75) is 25.9 Å². The number of halogens is 3. The van der Waals surface area contributed by atoms with E-state index < -0.39 is 11.7 Å². The summed E-state index contributed by atoms with van der Waals surface area (Å²) in [7, 11) is 0. The fraction of sp³-hybridized carbons (Fsp3) is 0.250. The zero-order valence-electron chi connectivity index (χ0n) is 11.6. The molecule has 0 N–H and O–H groups in total. The quantitative estimate of drug-likeness (QED) is 0.782. The minimum Gasteiger partial charge on any atom is -0.287 e. The Morgan fingerprint density at radius 2 is 1.67 bits per heavy atom. The molecule has 0 spiro atoms. The van der Waals surface area contributed by atoms with Gasteiger partial charge in [0.05, 0.1) is 5.56 Å². The Balaban J connectivity index is 2.23. The van der Waals surface area contributed by atoms with Gasteiger partial charge in [-0.15, -0.1) is 0 Å². The van der Waals surface area contributed by atoms with Crippen LogP contribution in [0.2, 0.25) is 0 Å². The molecular weight excluding hydrogens is 279 g/mol. The van der Waals surface area contributed by atoms with E-state index in [9.17, 15) is 18.0 Å². The Labute approximate surface area is 120 Å². The maximum absolute atomic E-state index is 12.4. The van der Waals surface area contributed by atoms with Gasteiger partial charge in [-0.1, -0.05) is 38.1 Å². The van der Waals surface area contributed by atoms with Crippen LogP contribution in [0.1, 0.15) is 46.9 Å². The molecule has 0 radical (unpaired) electrons. The summed E-state index contributed by atoms with van der Waals surface area (Å²) in [6.07, 6.45) is -3.77. The van der Waals surface area contributed by atoms with Crippen molar-refractivity contribution in [1.82, 2.24) is 4.98 Å². The maximum atomic E-state index is 12.4. The molecule has 5 heteroatoms. The summed E-state index contributed by atoms with van der Waals surface area (Å²) in [5, 5.41) is 0. The highest BCUT2D eigenvalue weighted by Gasteiger charge is 2.30. The number of benzene rings is 1. The topological polar surface area (TPSA) is 30.0 Å². The minimum absolute atomic E-state index is 0.000275. The third-order valence-electron chi connectivity index (χ3n) is 3.16. The lowest BCUT2D eigenvalue weighted by Gasteiger charge is -2.08. The Morgan fingerprint density at radius 3 is 2.10 bits per heavy atom. The molecular formula is C16H14F3NO. The first-order valence-corrected chi connectivity index (χ1v) is 6.47. The number of pyridine rings is 1. The van der Waals surface area contributed by atoms with Crippen LogP contribution in [0.4, 0.5) is 13.2 Å². The van der Waals surface area contributed by atoms with Crippen LogP contribution in [0, 0.1) is 0 Å². The number of aromatic nitrogens is 1. The van der Waals surface area contributed by atoms with Crippen molar-refractivity contribution in [2.75, 3.05) is 0 Å². The third kappa shape index (κ3) is 3.48. The summed E-state index contributed by atoms with van der Waals surface area (Å²) in [6, 6.07) is 8.96. The highest BCUT2D eigenvalue weighted by atomic mass is 19.4. The summed E-state index contributed by atoms with van der Waals surface area (Å²) in [5.74, 6) is -0.0441. The first-order valence-electron chi connectivity index (χ1n) is 6.47. The van der Waals surface area contributed by atoms with Gasteiger partial charge in [-0.2, -0.15) is 13.2 Å². The predicted octanol–water partition coefficient (Wildman–Crippen LogP) is 4.45. The fourth-order valence-electron chi connectivity index (χ4n) is 1.86. The molecule has 110 valence electrons. The van der Waals surface area contributed by atoms with Crippen molar-refractivity contribution in [3.05, 3.63) is 65.0 Å². The van der Waals surface area contributed by atoms with Gasteiger partial charge in [0, 0.05) is 11.8 Å². The molecule has 2 rings (SSSR count). The number of carbonyl (C=O) groups excluding carboxylic acids is 1. The molecule has 0 atom stereocenters. The predicted molar refractivity (Wildman–Crippen MR) is 73.2 cm³/mol. The van der Waals surface area contributed by atoms with E-state index in [-0.39, 0.29) is 11.5 Å². The molecule has 0 saturated heterocycles. The fourth-order valence-corrected chi connectivity index (χ4v) is 1.86. The number of nitrogens with zero attached hydrogens (tertiary/aromatic N) is 1. The molecule has 2 aromatic rings. The van der Waals surface area contributed by atoms with E-state index in [1.165, 1.54) is 0 Å². The van der Waals surface area contributed by atoms with Crippen LogP contribution in [0.25, 0.3) is 0 Å². The Hall–Kier alpha value is -2.17. The smallest absolute Gasteiger partial charge is 0.287 e. The maximum Gasteiger partial charge on any atom is 0.417 e. The Kier molecular flexibility index (Phi) is 4.11. The molecule has 0 saturated carbocycles. The average Bonchev–Trinajstić information content (AvgIpc) is 2.46. The molecule has 1 heterocycles. The van der Waals surface area contributed by atoms with E-state index in [0.29, 0.717) is 17.7 Å². The average molecular weight is 293 g/mol. The van der Waals surface area contributed by atoms with Crippen molar-refractivity contribution in [1.29, 1.82) is 0 Å². The van der Waals surface area contributed by atoms with Gasteiger partial charge < -0.3 is 0 Å². The number of hydrogen-bond donors (Lipinski definition) is 0. The van der Waals surface area contributed by atoms with Gasteiger partial charge in [-0.25, -0.2) is 0 Å². The largest absolute Gasteiger partial charge is 0.417 e. The van der Waals surface area contributed by atoms with E-state index in [2.05, 4.69) is 4.98 Å². The molecule has 1 aromatic heterocycles. The van der Waals surface area contributed by atoms with Crippen LogP contribution in [0.3, 0.4) is 0 Å². The molecule has 0 unspecified atom stereocenters. The molecule has 0 aliphatic carbocycles. The van der Waals surface area contributed by atoms with Gasteiger partial charge in [0.25, 0.3) is 0 Å². The van der Waals surface area contributed by atoms with Crippen molar-refractivity contribution in [3.8, 4) is 0 Å². The lowest BCUT2D eigenvalue weighted by Crippen LogP contribution is -2.09.